The van der Waals surface area contributed by atoms with Crippen LogP contribution in [0.1, 0.15) is 15.9 Å². The number of primary amides is 1. The Bertz CT molecular complexity index is 774. The Labute approximate surface area is 137 Å². The molecule has 0 saturated heterocycles. The van der Waals surface area contributed by atoms with E-state index in [1.165, 1.54) is 6.07 Å². The first-order chi connectivity index (χ1) is 11.0. The number of nitrogens with two attached hydrogens (primary N) is 1. The lowest BCUT2D eigenvalue weighted by Crippen LogP contribution is -2.14. The number of ether oxygens (including phenoxy) is 2. The average molecular weight is 333 g/mol. The molecule has 2 aromatic rings. The number of carbonyl (C=O) groups excluding carboxylic acids is 2. The number of anilines is 1. The van der Waals surface area contributed by atoms with E-state index in [0.717, 1.165) is 5.56 Å². The normalized spacial score (nSPS) is 12.0. The molecule has 0 unspecified atom stereocenters. The van der Waals surface area contributed by atoms with Gasteiger partial charge in [-0.15, -0.1) is 0 Å². The highest BCUT2D eigenvalue weighted by Crippen LogP contribution is 2.39. The SMILES string of the molecule is NC(=O)Cc1ccc(NC(=O)c2cc(Cl)c3c(c2)OCO3)cc1. The van der Waals surface area contributed by atoms with Crippen molar-refractivity contribution >= 4 is 29.1 Å². The molecule has 0 saturated carbocycles. The van der Waals surface area contributed by atoms with E-state index in [1.54, 1.807) is 30.3 Å². The first-order valence-electron chi connectivity index (χ1n) is 6.80. The van der Waals surface area contributed by atoms with E-state index in [9.17, 15) is 9.59 Å². The van der Waals surface area contributed by atoms with Gasteiger partial charge in [0.2, 0.25) is 12.7 Å². The highest BCUT2D eigenvalue weighted by atomic mass is 35.5. The highest BCUT2D eigenvalue weighted by molar-refractivity contribution is 6.32. The van der Waals surface area contributed by atoms with Crippen LogP contribution in [0.5, 0.6) is 11.5 Å². The molecule has 0 fully saturated rings. The summed E-state index contributed by atoms with van der Waals surface area (Å²) in [6, 6.07) is 9.95. The molecule has 3 N–H and O–H groups in total. The Morgan fingerprint density at radius 1 is 1.17 bits per heavy atom. The van der Waals surface area contributed by atoms with Gasteiger partial charge in [-0.1, -0.05) is 23.7 Å². The van der Waals surface area contributed by atoms with E-state index >= 15 is 0 Å². The third-order valence-corrected chi connectivity index (χ3v) is 3.56. The van der Waals surface area contributed by atoms with Gasteiger partial charge in [0.1, 0.15) is 0 Å². The highest BCUT2D eigenvalue weighted by Gasteiger charge is 2.20. The van der Waals surface area contributed by atoms with Crippen LogP contribution < -0.4 is 20.5 Å². The second-order valence-electron chi connectivity index (χ2n) is 4.99. The van der Waals surface area contributed by atoms with Gasteiger partial charge in [-0.25, -0.2) is 0 Å². The number of rotatable bonds is 4. The van der Waals surface area contributed by atoms with Crippen molar-refractivity contribution in [3.63, 3.8) is 0 Å². The van der Waals surface area contributed by atoms with E-state index in [-0.39, 0.29) is 19.1 Å². The molecule has 0 radical (unpaired) electrons. The van der Waals surface area contributed by atoms with Gasteiger partial charge in [0.25, 0.3) is 5.91 Å². The fourth-order valence-corrected chi connectivity index (χ4v) is 2.47. The second kappa shape index (κ2) is 6.18. The van der Waals surface area contributed by atoms with Gasteiger partial charge >= 0.3 is 0 Å². The minimum Gasteiger partial charge on any atom is -0.454 e. The Kier molecular flexibility index (Phi) is 4.08. The maximum atomic E-state index is 12.3. The minimum absolute atomic E-state index is 0.0848. The van der Waals surface area contributed by atoms with Crippen LogP contribution in [-0.2, 0) is 11.2 Å². The van der Waals surface area contributed by atoms with E-state index in [1.807, 2.05) is 0 Å². The predicted octanol–water partition coefficient (Wildman–Crippen LogP) is 2.35. The standard InChI is InChI=1S/C16H13ClN2O4/c17-12-6-10(7-13-15(12)23-8-22-13)16(21)19-11-3-1-9(2-4-11)5-14(18)20/h1-4,6-7H,5,8H2,(H2,18,20)(H,19,21). The fourth-order valence-electron chi connectivity index (χ4n) is 2.21. The van der Waals surface area contributed by atoms with Gasteiger partial charge in [-0.3, -0.25) is 9.59 Å². The summed E-state index contributed by atoms with van der Waals surface area (Å²) in [7, 11) is 0. The molecule has 6 nitrogen and oxygen atoms in total. The summed E-state index contributed by atoms with van der Waals surface area (Å²) in [5, 5.41) is 3.07. The van der Waals surface area contributed by atoms with Crippen LogP contribution in [0.2, 0.25) is 5.02 Å². The van der Waals surface area contributed by atoms with E-state index in [4.69, 9.17) is 26.8 Å². The van der Waals surface area contributed by atoms with Crippen LogP contribution in [0, 0.1) is 0 Å². The maximum Gasteiger partial charge on any atom is 0.255 e. The largest absolute Gasteiger partial charge is 0.454 e. The predicted molar refractivity (Wildman–Crippen MR) is 84.9 cm³/mol. The molecule has 0 aliphatic carbocycles. The first-order valence-corrected chi connectivity index (χ1v) is 7.18. The number of nitrogens with one attached hydrogen (secondary N) is 1. The summed E-state index contributed by atoms with van der Waals surface area (Å²) < 4.78 is 10.4. The molecule has 2 amide bonds. The third kappa shape index (κ3) is 3.37. The van der Waals surface area contributed by atoms with Gasteiger partial charge in [-0.05, 0) is 29.8 Å². The number of amides is 2. The van der Waals surface area contributed by atoms with Gasteiger partial charge < -0.3 is 20.5 Å². The second-order valence-corrected chi connectivity index (χ2v) is 5.39. The summed E-state index contributed by atoms with van der Waals surface area (Å²) in [5.74, 6) is 0.156. The van der Waals surface area contributed by atoms with Gasteiger partial charge in [0, 0.05) is 11.3 Å². The topological polar surface area (TPSA) is 90.7 Å². The van der Waals surface area contributed by atoms with Crippen molar-refractivity contribution in [1.29, 1.82) is 0 Å². The summed E-state index contributed by atoms with van der Waals surface area (Å²) in [6.07, 6.45) is 0.159. The van der Waals surface area contributed by atoms with Crippen LogP contribution in [0.3, 0.4) is 0 Å². The molecular weight excluding hydrogens is 320 g/mol. The van der Waals surface area contributed by atoms with Crippen molar-refractivity contribution in [1.82, 2.24) is 0 Å². The Morgan fingerprint density at radius 3 is 2.61 bits per heavy atom. The van der Waals surface area contributed by atoms with Crippen LogP contribution in [0.4, 0.5) is 5.69 Å². The van der Waals surface area contributed by atoms with Crippen molar-refractivity contribution in [2.24, 2.45) is 5.73 Å². The fraction of sp³-hybridized carbons (Fsp3) is 0.125. The molecule has 0 atom stereocenters. The number of hydrogen-bond donors (Lipinski definition) is 2. The van der Waals surface area contributed by atoms with Gasteiger partial charge in [0.15, 0.2) is 11.5 Å². The zero-order valence-electron chi connectivity index (χ0n) is 12.0. The molecule has 3 rings (SSSR count). The summed E-state index contributed by atoms with van der Waals surface area (Å²) in [5.41, 5.74) is 6.87. The van der Waals surface area contributed by atoms with E-state index in [0.29, 0.717) is 27.8 Å². The van der Waals surface area contributed by atoms with Crippen LogP contribution in [0.15, 0.2) is 36.4 Å². The number of benzene rings is 2. The monoisotopic (exact) mass is 332 g/mol. The third-order valence-electron chi connectivity index (χ3n) is 3.28. The summed E-state index contributed by atoms with van der Waals surface area (Å²) in [6.45, 7) is 0.0848. The number of halogens is 1. The minimum atomic E-state index is -0.406. The van der Waals surface area contributed by atoms with Crippen molar-refractivity contribution in [2.45, 2.75) is 6.42 Å². The number of fused-ring (bicyclic) bond motifs is 1. The Hall–Kier alpha value is -2.73. The smallest absolute Gasteiger partial charge is 0.255 e. The van der Waals surface area contributed by atoms with E-state index < -0.39 is 5.91 Å². The summed E-state index contributed by atoms with van der Waals surface area (Å²) >= 11 is 6.06. The molecule has 0 aromatic heterocycles. The lowest BCUT2D eigenvalue weighted by atomic mass is 10.1. The lowest BCUT2D eigenvalue weighted by molar-refractivity contribution is -0.117. The molecule has 118 valence electrons. The Morgan fingerprint density at radius 2 is 1.91 bits per heavy atom. The molecule has 0 bridgehead atoms. The first kappa shape index (κ1) is 15.2. The molecule has 2 aromatic carbocycles. The van der Waals surface area contributed by atoms with Crippen LogP contribution in [0.25, 0.3) is 0 Å². The van der Waals surface area contributed by atoms with Crippen molar-refractivity contribution < 1.29 is 19.1 Å². The van der Waals surface area contributed by atoms with Crippen molar-refractivity contribution in [3.05, 3.63) is 52.5 Å². The molecular formula is C16H13ClN2O4. The maximum absolute atomic E-state index is 12.3. The quantitative estimate of drug-likeness (QED) is 0.899. The van der Waals surface area contributed by atoms with E-state index in [2.05, 4.69) is 5.32 Å². The molecule has 1 aliphatic heterocycles. The molecule has 1 aliphatic rings. The van der Waals surface area contributed by atoms with Crippen molar-refractivity contribution in [3.8, 4) is 11.5 Å². The molecule has 1 heterocycles. The number of carbonyl (C=O) groups is 2. The van der Waals surface area contributed by atoms with Crippen molar-refractivity contribution in [2.75, 3.05) is 12.1 Å². The zero-order valence-corrected chi connectivity index (χ0v) is 12.7. The van der Waals surface area contributed by atoms with Crippen LogP contribution >= 0.6 is 11.6 Å². The number of hydrogen-bond acceptors (Lipinski definition) is 4. The van der Waals surface area contributed by atoms with Gasteiger partial charge in [0.05, 0.1) is 11.4 Å². The molecule has 23 heavy (non-hydrogen) atoms. The van der Waals surface area contributed by atoms with Crippen LogP contribution in [-0.4, -0.2) is 18.6 Å². The molecule has 0 spiro atoms. The molecule has 7 heteroatoms. The zero-order chi connectivity index (χ0) is 16.4. The average Bonchev–Trinajstić information content (AvgIpc) is 2.97. The van der Waals surface area contributed by atoms with Gasteiger partial charge in [-0.2, -0.15) is 0 Å². The summed E-state index contributed by atoms with van der Waals surface area (Å²) in [4.78, 5) is 23.1. The Balaban J connectivity index is 1.74. The lowest BCUT2D eigenvalue weighted by Gasteiger charge is -2.08.